The number of hydrogen-bond acceptors (Lipinski definition) is 1. The largest absolute Gasteiger partial charge is 0.457 e. The number of alkyl halides is 1. The second-order valence-electron chi connectivity index (χ2n) is 3.45. The lowest BCUT2D eigenvalue weighted by molar-refractivity contribution is 0.473. The Morgan fingerprint density at radius 3 is 2.65 bits per heavy atom. The molecule has 2 aromatic carbocycles. The van der Waals surface area contributed by atoms with E-state index in [4.69, 9.17) is 4.74 Å². The third-order valence-electron chi connectivity index (χ3n) is 2.19. The van der Waals surface area contributed by atoms with E-state index in [2.05, 4.69) is 31.9 Å². The predicted molar refractivity (Wildman–Crippen MR) is 73.2 cm³/mol. The highest BCUT2D eigenvalue weighted by molar-refractivity contribution is 9.10. The smallest absolute Gasteiger partial charge is 0.131 e. The molecule has 0 aliphatic heterocycles. The van der Waals surface area contributed by atoms with Crippen molar-refractivity contribution in [1.29, 1.82) is 0 Å². The summed E-state index contributed by atoms with van der Waals surface area (Å²) in [6.07, 6.45) is 0. The minimum absolute atomic E-state index is 0.306. The molecule has 0 aliphatic rings. The monoisotopic (exact) mass is 358 g/mol. The van der Waals surface area contributed by atoms with Crippen molar-refractivity contribution in [2.24, 2.45) is 0 Å². The summed E-state index contributed by atoms with van der Waals surface area (Å²) in [5.41, 5.74) is 1.00. The van der Waals surface area contributed by atoms with Crippen molar-refractivity contribution in [3.05, 3.63) is 58.3 Å². The maximum absolute atomic E-state index is 13.0. The van der Waals surface area contributed by atoms with Gasteiger partial charge in [-0.15, -0.1) is 0 Å². The number of benzene rings is 2. The van der Waals surface area contributed by atoms with E-state index in [1.54, 1.807) is 12.1 Å². The Balaban J connectivity index is 2.29. The van der Waals surface area contributed by atoms with Gasteiger partial charge in [0.15, 0.2) is 0 Å². The quantitative estimate of drug-likeness (QED) is 0.678. The van der Waals surface area contributed by atoms with E-state index in [1.165, 1.54) is 12.1 Å². The fraction of sp³-hybridized carbons (Fsp3) is 0.0769. The van der Waals surface area contributed by atoms with Gasteiger partial charge in [0.05, 0.1) is 0 Å². The van der Waals surface area contributed by atoms with Crippen LogP contribution in [0.1, 0.15) is 5.56 Å². The van der Waals surface area contributed by atoms with E-state index in [1.807, 2.05) is 18.2 Å². The van der Waals surface area contributed by atoms with Crippen molar-refractivity contribution < 1.29 is 9.13 Å². The van der Waals surface area contributed by atoms with Crippen LogP contribution < -0.4 is 4.74 Å². The molecule has 1 nitrogen and oxygen atoms in total. The van der Waals surface area contributed by atoms with Crippen molar-refractivity contribution in [2.75, 3.05) is 0 Å². The maximum Gasteiger partial charge on any atom is 0.131 e. The molecule has 0 saturated carbocycles. The molecule has 0 atom stereocenters. The summed E-state index contributed by atoms with van der Waals surface area (Å²) in [5, 5.41) is 0.678. The number of halogens is 3. The molecule has 0 heterocycles. The summed E-state index contributed by atoms with van der Waals surface area (Å²) in [5.74, 6) is 0.908. The van der Waals surface area contributed by atoms with Gasteiger partial charge in [-0.3, -0.25) is 0 Å². The van der Waals surface area contributed by atoms with E-state index in [-0.39, 0.29) is 5.82 Å². The molecule has 0 unspecified atom stereocenters. The molecular formula is C13H9Br2FO. The summed E-state index contributed by atoms with van der Waals surface area (Å²) in [6.45, 7) is 0. The molecule has 0 aromatic heterocycles. The predicted octanol–water partition coefficient (Wildman–Crippen LogP) is 5.28. The lowest BCUT2D eigenvalue weighted by Gasteiger charge is -2.10. The van der Waals surface area contributed by atoms with Gasteiger partial charge in [-0.2, -0.15) is 0 Å². The van der Waals surface area contributed by atoms with Gasteiger partial charge in [-0.1, -0.05) is 37.9 Å². The molecule has 88 valence electrons. The summed E-state index contributed by atoms with van der Waals surface area (Å²) >= 11 is 6.79. The van der Waals surface area contributed by atoms with Gasteiger partial charge in [0.2, 0.25) is 0 Å². The van der Waals surface area contributed by atoms with Gasteiger partial charge in [-0.05, 0) is 30.3 Å². The first-order chi connectivity index (χ1) is 8.19. The molecule has 0 amide bonds. The first-order valence-corrected chi connectivity index (χ1v) is 6.88. The fourth-order valence-electron chi connectivity index (χ4n) is 1.41. The number of ether oxygens (including phenoxy) is 1. The molecule has 2 rings (SSSR count). The SMILES string of the molecule is Fc1cccc(Oc2ccc(Br)cc2CBr)c1. The molecule has 0 fully saturated rings. The van der Waals surface area contributed by atoms with Crippen LogP contribution in [0.15, 0.2) is 46.9 Å². The Bertz CT molecular complexity index is 529. The van der Waals surface area contributed by atoms with Crippen LogP contribution in [-0.4, -0.2) is 0 Å². The molecule has 4 heteroatoms. The van der Waals surface area contributed by atoms with E-state index >= 15 is 0 Å². The van der Waals surface area contributed by atoms with Gasteiger partial charge >= 0.3 is 0 Å². The Labute approximate surface area is 116 Å². The first-order valence-electron chi connectivity index (χ1n) is 4.97. The topological polar surface area (TPSA) is 9.23 Å². The van der Waals surface area contributed by atoms with Crippen LogP contribution in [0.5, 0.6) is 11.5 Å². The van der Waals surface area contributed by atoms with Crippen LogP contribution in [0.3, 0.4) is 0 Å². The van der Waals surface area contributed by atoms with E-state index < -0.39 is 0 Å². The number of rotatable bonds is 3. The van der Waals surface area contributed by atoms with Gasteiger partial charge in [0, 0.05) is 21.4 Å². The van der Waals surface area contributed by atoms with Crippen molar-refractivity contribution in [3.8, 4) is 11.5 Å². The fourth-order valence-corrected chi connectivity index (χ4v) is 2.26. The third-order valence-corrected chi connectivity index (χ3v) is 3.29. The highest BCUT2D eigenvalue weighted by Crippen LogP contribution is 2.29. The van der Waals surface area contributed by atoms with E-state index in [0.29, 0.717) is 11.1 Å². The van der Waals surface area contributed by atoms with Crippen molar-refractivity contribution in [3.63, 3.8) is 0 Å². The Morgan fingerprint density at radius 1 is 1.12 bits per heavy atom. The average Bonchev–Trinajstić information content (AvgIpc) is 2.31. The summed E-state index contributed by atoms with van der Waals surface area (Å²) in [4.78, 5) is 0. The van der Waals surface area contributed by atoms with Gasteiger partial charge in [0.25, 0.3) is 0 Å². The van der Waals surface area contributed by atoms with Gasteiger partial charge in [-0.25, -0.2) is 4.39 Å². The lowest BCUT2D eigenvalue weighted by atomic mass is 10.2. The minimum Gasteiger partial charge on any atom is -0.457 e. The zero-order chi connectivity index (χ0) is 12.3. The molecule has 0 saturated heterocycles. The Kier molecular flexibility index (Phi) is 4.18. The highest BCUT2D eigenvalue weighted by atomic mass is 79.9. The van der Waals surface area contributed by atoms with Gasteiger partial charge < -0.3 is 4.74 Å². The van der Waals surface area contributed by atoms with Crippen LogP contribution in [0, 0.1) is 5.82 Å². The maximum atomic E-state index is 13.0. The molecule has 0 spiro atoms. The van der Waals surface area contributed by atoms with Crippen LogP contribution >= 0.6 is 31.9 Å². The molecule has 0 N–H and O–H groups in total. The van der Waals surface area contributed by atoms with Crippen LogP contribution in [0.2, 0.25) is 0 Å². The second kappa shape index (κ2) is 5.65. The summed E-state index contributed by atoms with van der Waals surface area (Å²) in [7, 11) is 0. The van der Waals surface area contributed by atoms with Crippen LogP contribution in [0.25, 0.3) is 0 Å². The Hall–Kier alpha value is -0.870. The van der Waals surface area contributed by atoms with Gasteiger partial charge in [0.1, 0.15) is 17.3 Å². The van der Waals surface area contributed by atoms with E-state index in [0.717, 1.165) is 15.8 Å². The molecule has 0 radical (unpaired) electrons. The molecule has 0 bridgehead atoms. The number of hydrogen-bond donors (Lipinski definition) is 0. The molecule has 2 aromatic rings. The minimum atomic E-state index is -0.306. The van der Waals surface area contributed by atoms with Crippen LogP contribution in [0.4, 0.5) is 4.39 Å². The van der Waals surface area contributed by atoms with Crippen molar-refractivity contribution in [1.82, 2.24) is 0 Å². The first kappa shape index (κ1) is 12.6. The summed E-state index contributed by atoms with van der Waals surface area (Å²) in [6, 6.07) is 11.8. The zero-order valence-electron chi connectivity index (χ0n) is 8.79. The molecular weight excluding hydrogens is 351 g/mol. The Morgan fingerprint density at radius 2 is 1.94 bits per heavy atom. The van der Waals surface area contributed by atoms with Crippen LogP contribution in [-0.2, 0) is 5.33 Å². The van der Waals surface area contributed by atoms with Crippen molar-refractivity contribution in [2.45, 2.75) is 5.33 Å². The summed E-state index contributed by atoms with van der Waals surface area (Å²) < 4.78 is 19.6. The van der Waals surface area contributed by atoms with Crippen molar-refractivity contribution >= 4 is 31.9 Å². The average molecular weight is 360 g/mol. The zero-order valence-corrected chi connectivity index (χ0v) is 12.0. The normalized spacial score (nSPS) is 10.3. The molecule has 17 heavy (non-hydrogen) atoms. The standard InChI is InChI=1S/C13H9Br2FO/c14-8-9-6-10(15)4-5-13(9)17-12-3-1-2-11(16)7-12/h1-7H,8H2. The second-order valence-corrected chi connectivity index (χ2v) is 4.92. The highest BCUT2D eigenvalue weighted by Gasteiger charge is 2.05. The lowest BCUT2D eigenvalue weighted by Crippen LogP contribution is -1.90. The third kappa shape index (κ3) is 3.30. The molecule has 0 aliphatic carbocycles. The van der Waals surface area contributed by atoms with E-state index in [9.17, 15) is 4.39 Å².